The van der Waals surface area contributed by atoms with Gasteiger partial charge in [-0.2, -0.15) is 0 Å². The molecule has 0 atom stereocenters. The smallest absolute Gasteiger partial charge is 0.0716 e. The Balaban J connectivity index is 0.00000133. The van der Waals surface area contributed by atoms with Gasteiger partial charge < -0.3 is 11.5 Å². The van der Waals surface area contributed by atoms with Crippen molar-refractivity contribution in [2.75, 3.05) is 11.5 Å². The molecule has 3 nitrogen and oxygen atoms in total. The van der Waals surface area contributed by atoms with E-state index in [0.717, 1.165) is 33.6 Å². The summed E-state index contributed by atoms with van der Waals surface area (Å²) in [5, 5.41) is 0. The highest BCUT2D eigenvalue weighted by atomic mass is 14.7. The predicted octanol–water partition coefficient (Wildman–Crippen LogP) is 7.94. The Bertz CT molecular complexity index is 1330. The molecule has 0 aliphatic carbocycles. The van der Waals surface area contributed by atoms with Crippen molar-refractivity contribution in [1.82, 2.24) is 4.98 Å². The highest BCUT2D eigenvalue weighted by Crippen LogP contribution is 2.33. The first kappa shape index (κ1) is 22.8. The molecule has 0 spiro atoms. The Hall–Kier alpha value is -4.37. The lowest BCUT2D eigenvalue weighted by Crippen LogP contribution is -1.93. The Labute approximate surface area is 201 Å². The fraction of sp³-hybridized carbons (Fsp3) is 0.0645. The fourth-order valence-electron chi connectivity index (χ4n) is 3.90. The Morgan fingerprint density at radius 3 is 1.38 bits per heavy atom. The molecule has 0 unspecified atom stereocenters. The number of nitrogens with two attached hydrogens (primary N) is 2. The number of nitrogens with zero attached hydrogens (tertiary/aromatic N) is 1. The second-order valence-electron chi connectivity index (χ2n) is 7.82. The largest absolute Gasteiger partial charge is 0.399 e. The summed E-state index contributed by atoms with van der Waals surface area (Å²) in [6.45, 7) is 4.00. The molecule has 0 fully saturated rings. The average Bonchev–Trinajstić information content (AvgIpc) is 2.90. The van der Waals surface area contributed by atoms with Gasteiger partial charge in [0.1, 0.15) is 0 Å². The van der Waals surface area contributed by atoms with Crippen LogP contribution in [0.1, 0.15) is 13.8 Å². The van der Waals surface area contributed by atoms with Crippen LogP contribution < -0.4 is 11.5 Å². The number of hydrogen-bond donors (Lipinski definition) is 2. The molecule has 4 N–H and O–H groups in total. The van der Waals surface area contributed by atoms with Gasteiger partial charge in [-0.1, -0.05) is 86.6 Å². The molecular weight excluding hydrogens is 414 g/mol. The van der Waals surface area contributed by atoms with Crippen LogP contribution in [0.4, 0.5) is 11.4 Å². The molecule has 0 radical (unpaired) electrons. The van der Waals surface area contributed by atoms with Gasteiger partial charge in [0.05, 0.1) is 11.4 Å². The number of aromatic nitrogens is 1. The third-order valence-corrected chi connectivity index (χ3v) is 5.49. The molecule has 3 heteroatoms. The van der Waals surface area contributed by atoms with E-state index in [1.165, 1.54) is 11.1 Å². The van der Waals surface area contributed by atoms with Crippen molar-refractivity contribution in [1.29, 1.82) is 0 Å². The number of anilines is 2. The van der Waals surface area contributed by atoms with Crippen molar-refractivity contribution < 1.29 is 0 Å². The summed E-state index contributed by atoms with van der Waals surface area (Å²) in [4.78, 5) is 4.95. The predicted molar refractivity (Wildman–Crippen MR) is 146 cm³/mol. The van der Waals surface area contributed by atoms with Crippen molar-refractivity contribution >= 4 is 11.4 Å². The SMILES string of the molecule is CC.Nc1cccc(-c2cc(-c3cccc(-c4ccccc4)c3)cc(-c3cccc(N)c3)n2)c1. The van der Waals surface area contributed by atoms with Gasteiger partial charge in [-0.25, -0.2) is 4.98 Å². The number of benzene rings is 4. The number of hydrogen-bond acceptors (Lipinski definition) is 3. The summed E-state index contributed by atoms with van der Waals surface area (Å²) in [6, 6.07) is 38.9. The minimum atomic E-state index is 0.714. The van der Waals surface area contributed by atoms with Crippen LogP contribution in [0.25, 0.3) is 44.8 Å². The molecule has 0 bridgehead atoms. The second kappa shape index (κ2) is 10.5. The molecular formula is C31H29N3. The van der Waals surface area contributed by atoms with Gasteiger partial charge in [-0.15, -0.1) is 0 Å². The van der Waals surface area contributed by atoms with Crippen molar-refractivity contribution in [2.24, 2.45) is 0 Å². The minimum absolute atomic E-state index is 0.714. The molecule has 5 rings (SSSR count). The van der Waals surface area contributed by atoms with E-state index in [-0.39, 0.29) is 0 Å². The zero-order valence-electron chi connectivity index (χ0n) is 19.6. The van der Waals surface area contributed by atoms with Crippen LogP contribution in [0.5, 0.6) is 0 Å². The average molecular weight is 444 g/mol. The molecule has 0 aliphatic heterocycles. The second-order valence-corrected chi connectivity index (χ2v) is 7.82. The van der Waals surface area contributed by atoms with E-state index >= 15 is 0 Å². The van der Waals surface area contributed by atoms with Gasteiger partial charge in [0, 0.05) is 22.5 Å². The number of rotatable bonds is 4. The summed E-state index contributed by atoms with van der Waals surface area (Å²) in [7, 11) is 0. The van der Waals surface area contributed by atoms with Gasteiger partial charge >= 0.3 is 0 Å². The minimum Gasteiger partial charge on any atom is -0.399 e. The van der Waals surface area contributed by atoms with Crippen LogP contribution in [0.15, 0.2) is 115 Å². The lowest BCUT2D eigenvalue weighted by Gasteiger charge is -2.12. The maximum absolute atomic E-state index is 6.05. The fourth-order valence-corrected chi connectivity index (χ4v) is 3.90. The summed E-state index contributed by atoms with van der Waals surface area (Å²) >= 11 is 0. The van der Waals surface area contributed by atoms with E-state index in [1.807, 2.05) is 68.4 Å². The third-order valence-electron chi connectivity index (χ3n) is 5.49. The number of pyridine rings is 1. The molecule has 168 valence electrons. The maximum atomic E-state index is 6.05. The Morgan fingerprint density at radius 2 is 0.853 bits per heavy atom. The Kier molecular flexibility index (Phi) is 7.04. The molecule has 34 heavy (non-hydrogen) atoms. The molecule has 1 heterocycles. The molecule has 0 aliphatic rings. The molecule has 0 amide bonds. The zero-order valence-corrected chi connectivity index (χ0v) is 19.6. The standard InChI is InChI=1S/C29H23N3.C2H6/c30-26-13-5-11-23(16-26)28-18-25(19-29(32-28)24-12-6-14-27(31)17-24)22-10-4-9-21(15-22)20-7-2-1-3-8-20;1-2/h1-19H,30-31H2;1-2H3. The summed E-state index contributed by atoms with van der Waals surface area (Å²) < 4.78 is 0. The van der Waals surface area contributed by atoms with Crippen LogP contribution in [0.3, 0.4) is 0 Å². The van der Waals surface area contributed by atoms with Gasteiger partial charge in [0.2, 0.25) is 0 Å². The molecule has 4 aromatic carbocycles. The first-order valence-corrected chi connectivity index (χ1v) is 11.6. The molecule has 0 saturated carbocycles. The monoisotopic (exact) mass is 443 g/mol. The first-order valence-electron chi connectivity index (χ1n) is 11.6. The van der Waals surface area contributed by atoms with E-state index in [2.05, 4.69) is 60.7 Å². The molecule has 0 saturated heterocycles. The first-order chi connectivity index (χ1) is 16.7. The van der Waals surface area contributed by atoms with Crippen molar-refractivity contribution in [3.8, 4) is 44.8 Å². The van der Waals surface area contributed by atoms with Gasteiger partial charge in [-0.05, 0) is 64.7 Å². The van der Waals surface area contributed by atoms with Crippen LogP contribution in [0.2, 0.25) is 0 Å². The van der Waals surface area contributed by atoms with Crippen LogP contribution >= 0.6 is 0 Å². The Morgan fingerprint density at radius 1 is 0.412 bits per heavy atom. The third kappa shape index (κ3) is 5.16. The van der Waals surface area contributed by atoms with E-state index in [4.69, 9.17) is 16.5 Å². The van der Waals surface area contributed by atoms with Gasteiger partial charge in [0.15, 0.2) is 0 Å². The van der Waals surface area contributed by atoms with Crippen LogP contribution in [-0.2, 0) is 0 Å². The maximum Gasteiger partial charge on any atom is 0.0716 e. The van der Waals surface area contributed by atoms with E-state index in [9.17, 15) is 0 Å². The van der Waals surface area contributed by atoms with Crippen LogP contribution in [0, 0.1) is 0 Å². The normalized spacial score (nSPS) is 10.3. The van der Waals surface area contributed by atoms with E-state index < -0.39 is 0 Å². The van der Waals surface area contributed by atoms with Gasteiger partial charge in [0.25, 0.3) is 0 Å². The lowest BCUT2D eigenvalue weighted by molar-refractivity contribution is 1.32. The summed E-state index contributed by atoms with van der Waals surface area (Å²) in [5.41, 5.74) is 21.8. The summed E-state index contributed by atoms with van der Waals surface area (Å²) in [5.74, 6) is 0. The molecule has 5 aromatic rings. The zero-order chi connectivity index (χ0) is 23.9. The topological polar surface area (TPSA) is 64.9 Å². The van der Waals surface area contributed by atoms with Crippen LogP contribution in [-0.4, -0.2) is 4.98 Å². The number of nitrogen functional groups attached to an aromatic ring is 2. The van der Waals surface area contributed by atoms with Crippen molar-refractivity contribution in [3.05, 3.63) is 115 Å². The molecule has 1 aromatic heterocycles. The van der Waals surface area contributed by atoms with Crippen molar-refractivity contribution in [3.63, 3.8) is 0 Å². The van der Waals surface area contributed by atoms with Gasteiger partial charge in [-0.3, -0.25) is 0 Å². The lowest BCUT2D eigenvalue weighted by atomic mass is 9.96. The van der Waals surface area contributed by atoms with E-state index in [1.54, 1.807) is 0 Å². The quantitative estimate of drug-likeness (QED) is 0.277. The highest BCUT2D eigenvalue weighted by Gasteiger charge is 2.10. The van der Waals surface area contributed by atoms with Crippen molar-refractivity contribution in [2.45, 2.75) is 13.8 Å². The highest BCUT2D eigenvalue weighted by molar-refractivity contribution is 5.80. The van der Waals surface area contributed by atoms with E-state index in [0.29, 0.717) is 11.4 Å². The summed E-state index contributed by atoms with van der Waals surface area (Å²) in [6.07, 6.45) is 0.